The zero-order valence-corrected chi connectivity index (χ0v) is 16.4. The standard InChI is InChI=1S/C21H17F2N5O3/c1-30-15-5-2-13(3-6-15)20-26-25-18-8-9-19(27-28(18)20)31-11-10-24-21(29)14-4-7-16(22)17(23)12-14/h2-9,12H,10-11H2,1H3,(H,24,29). The molecule has 0 saturated carbocycles. The molecule has 1 N–H and O–H groups in total. The van der Waals surface area contributed by atoms with Crippen LogP contribution in [0.3, 0.4) is 0 Å². The molecule has 8 nitrogen and oxygen atoms in total. The zero-order valence-electron chi connectivity index (χ0n) is 16.4. The minimum absolute atomic E-state index is 0.0204. The zero-order chi connectivity index (χ0) is 21.8. The Kier molecular flexibility index (Phi) is 5.69. The summed E-state index contributed by atoms with van der Waals surface area (Å²) in [5.41, 5.74) is 1.37. The molecule has 0 saturated heterocycles. The third-order valence-electron chi connectivity index (χ3n) is 4.41. The molecule has 0 aliphatic rings. The summed E-state index contributed by atoms with van der Waals surface area (Å²) in [6, 6.07) is 13.6. The van der Waals surface area contributed by atoms with Crippen molar-refractivity contribution in [3.8, 4) is 23.0 Å². The van der Waals surface area contributed by atoms with Crippen molar-refractivity contribution in [1.29, 1.82) is 0 Å². The number of amides is 1. The second-order valence-electron chi connectivity index (χ2n) is 6.43. The second-order valence-corrected chi connectivity index (χ2v) is 6.43. The number of rotatable bonds is 7. The van der Waals surface area contributed by atoms with Crippen LogP contribution in [0.15, 0.2) is 54.6 Å². The number of methoxy groups -OCH3 is 1. The Labute approximate surface area is 175 Å². The number of benzene rings is 2. The first-order chi connectivity index (χ1) is 15.0. The van der Waals surface area contributed by atoms with Crippen LogP contribution in [0, 0.1) is 11.6 Å². The van der Waals surface area contributed by atoms with Crippen LogP contribution in [-0.4, -0.2) is 46.0 Å². The fraction of sp³-hybridized carbons (Fsp3) is 0.143. The fourth-order valence-electron chi connectivity index (χ4n) is 2.83. The number of carbonyl (C=O) groups is 1. The van der Waals surface area contributed by atoms with Crippen molar-refractivity contribution in [3.63, 3.8) is 0 Å². The number of hydrogen-bond acceptors (Lipinski definition) is 6. The predicted molar refractivity (Wildman–Crippen MR) is 107 cm³/mol. The van der Waals surface area contributed by atoms with E-state index >= 15 is 0 Å². The summed E-state index contributed by atoms with van der Waals surface area (Å²) in [5, 5.41) is 15.2. The van der Waals surface area contributed by atoms with Gasteiger partial charge in [-0.15, -0.1) is 15.3 Å². The van der Waals surface area contributed by atoms with Gasteiger partial charge in [-0.05, 0) is 48.5 Å². The molecule has 31 heavy (non-hydrogen) atoms. The van der Waals surface area contributed by atoms with Crippen LogP contribution in [0.5, 0.6) is 11.6 Å². The van der Waals surface area contributed by atoms with E-state index < -0.39 is 17.5 Å². The van der Waals surface area contributed by atoms with E-state index in [2.05, 4.69) is 20.6 Å². The van der Waals surface area contributed by atoms with Crippen LogP contribution in [0.1, 0.15) is 10.4 Å². The smallest absolute Gasteiger partial charge is 0.251 e. The summed E-state index contributed by atoms with van der Waals surface area (Å²) in [6.07, 6.45) is 0. The van der Waals surface area contributed by atoms with Gasteiger partial charge in [0.25, 0.3) is 5.91 Å². The maximum absolute atomic E-state index is 13.2. The van der Waals surface area contributed by atoms with Crippen molar-refractivity contribution in [1.82, 2.24) is 25.1 Å². The quantitative estimate of drug-likeness (QED) is 0.458. The van der Waals surface area contributed by atoms with Crippen LogP contribution in [0.2, 0.25) is 0 Å². The van der Waals surface area contributed by atoms with Crippen molar-refractivity contribution in [2.75, 3.05) is 20.3 Å². The van der Waals surface area contributed by atoms with Gasteiger partial charge in [0, 0.05) is 17.2 Å². The molecule has 0 unspecified atom stereocenters. The van der Waals surface area contributed by atoms with E-state index in [1.165, 1.54) is 6.07 Å². The van der Waals surface area contributed by atoms with Crippen molar-refractivity contribution in [2.45, 2.75) is 0 Å². The fourth-order valence-corrected chi connectivity index (χ4v) is 2.83. The number of fused-ring (bicyclic) bond motifs is 1. The number of aromatic nitrogens is 4. The lowest BCUT2D eigenvalue weighted by molar-refractivity contribution is 0.0946. The molecule has 0 fully saturated rings. The lowest BCUT2D eigenvalue weighted by atomic mass is 10.2. The lowest BCUT2D eigenvalue weighted by Gasteiger charge is -2.08. The lowest BCUT2D eigenvalue weighted by Crippen LogP contribution is -2.28. The van der Waals surface area contributed by atoms with Crippen molar-refractivity contribution >= 4 is 11.6 Å². The molecule has 2 heterocycles. The summed E-state index contributed by atoms with van der Waals surface area (Å²) in [7, 11) is 1.59. The molecule has 4 rings (SSSR count). The van der Waals surface area contributed by atoms with Crippen LogP contribution >= 0.6 is 0 Å². The largest absolute Gasteiger partial charge is 0.497 e. The van der Waals surface area contributed by atoms with Crippen LogP contribution in [-0.2, 0) is 0 Å². The average Bonchev–Trinajstić information content (AvgIpc) is 3.21. The topological polar surface area (TPSA) is 90.6 Å². The van der Waals surface area contributed by atoms with Crippen LogP contribution in [0.4, 0.5) is 8.78 Å². The van der Waals surface area contributed by atoms with E-state index in [1.54, 1.807) is 23.8 Å². The first-order valence-corrected chi connectivity index (χ1v) is 9.28. The van der Waals surface area contributed by atoms with Gasteiger partial charge in [-0.25, -0.2) is 8.78 Å². The molecule has 0 aliphatic heterocycles. The van der Waals surface area contributed by atoms with Gasteiger partial charge in [-0.2, -0.15) is 4.52 Å². The van der Waals surface area contributed by atoms with Gasteiger partial charge in [0.05, 0.1) is 13.7 Å². The highest BCUT2D eigenvalue weighted by Gasteiger charge is 2.12. The second kappa shape index (κ2) is 8.74. The molecule has 2 aromatic heterocycles. The number of halogens is 2. The number of nitrogens with zero attached hydrogens (tertiary/aromatic N) is 4. The van der Waals surface area contributed by atoms with Crippen molar-refractivity contribution < 1.29 is 23.0 Å². The van der Waals surface area contributed by atoms with E-state index in [1.807, 2.05) is 24.3 Å². The first-order valence-electron chi connectivity index (χ1n) is 9.28. The maximum atomic E-state index is 13.2. The van der Waals surface area contributed by atoms with E-state index in [4.69, 9.17) is 9.47 Å². The van der Waals surface area contributed by atoms with Gasteiger partial charge >= 0.3 is 0 Å². The summed E-state index contributed by atoms with van der Waals surface area (Å²) in [5.74, 6) is -1.06. The molecular formula is C21H17F2N5O3. The van der Waals surface area contributed by atoms with Gasteiger partial charge in [-0.1, -0.05) is 0 Å². The molecule has 0 atom stereocenters. The van der Waals surface area contributed by atoms with Crippen molar-refractivity contribution in [2.24, 2.45) is 0 Å². The molecule has 1 amide bonds. The summed E-state index contributed by atoms with van der Waals surface area (Å²) in [6.45, 7) is 0.263. The highest BCUT2D eigenvalue weighted by atomic mass is 19.2. The number of nitrogens with one attached hydrogen (secondary N) is 1. The Morgan fingerprint density at radius 3 is 2.58 bits per heavy atom. The minimum Gasteiger partial charge on any atom is -0.497 e. The van der Waals surface area contributed by atoms with Gasteiger partial charge in [0.2, 0.25) is 5.88 Å². The summed E-state index contributed by atoms with van der Waals surface area (Å²) in [4.78, 5) is 12.0. The van der Waals surface area contributed by atoms with Crippen molar-refractivity contribution in [3.05, 3.63) is 71.8 Å². The van der Waals surface area contributed by atoms with E-state index in [0.29, 0.717) is 17.4 Å². The Morgan fingerprint density at radius 1 is 1.03 bits per heavy atom. The Hall–Kier alpha value is -4.08. The van der Waals surface area contributed by atoms with Gasteiger partial charge < -0.3 is 14.8 Å². The Bertz CT molecular complexity index is 1230. The molecule has 0 bridgehead atoms. The van der Waals surface area contributed by atoms with Gasteiger partial charge in [-0.3, -0.25) is 4.79 Å². The van der Waals surface area contributed by atoms with E-state index in [-0.39, 0.29) is 18.7 Å². The molecular weight excluding hydrogens is 408 g/mol. The van der Waals surface area contributed by atoms with Gasteiger partial charge in [0.1, 0.15) is 12.4 Å². The highest BCUT2D eigenvalue weighted by Crippen LogP contribution is 2.21. The number of hydrogen-bond donors (Lipinski definition) is 1. The average molecular weight is 425 g/mol. The minimum atomic E-state index is -1.08. The maximum Gasteiger partial charge on any atom is 0.251 e. The number of carbonyl (C=O) groups excluding carboxylic acids is 1. The summed E-state index contributed by atoms with van der Waals surface area (Å²) < 4.78 is 38.5. The van der Waals surface area contributed by atoms with Crippen LogP contribution in [0.25, 0.3) is 17.0 Å². The number of ether oxygens (including phenoxy) is 2. The molecule has 0 spiro atoms. The monoisotopic (exact) mass is 425 g/mol. The molecule has 4 aromatic rings. The molecule has 2 aromatic carbocycles. The van der Waals surface area contributed by atoms with Crippen LogP contribution < -0.4 is 14.8 Å². The molecule has 0 aliphatic carbocycles. The Morgan fingerprint density at radius 2 is 1.84 bits per heavy atom. The predicted octanol–water partition coefficient (Wildman–Crippen LogP) is 2.89. The van der Waals surface area contributed by atoms with E-state index in [9.17, 15) is 13.6 Å². The normalized spacial score (nSPS) is 10.8. The first kappa shape index (κ1) is 20.2. The molecule has 0 radical (unpaired) electrons. The van der Waals surface area contributed by atoms with E-state index in [0.717, 1.165) is 23.4 Å². The van der Waals surface area contributed by atoms with Gasteiger partial charge in [0.15, 0.2) is 23.1 Å². The SMILES string of the molecule is COc1ccc(-c2nnc3ccc(OCCNC(=O)c4ccc(F)c(F)c4)nn23)cc1. The third-order valence-corrected chi connectivity index (χ3v) is 4.41. The summed E-state index contributed by atoms with van der Waals surface area (Å²) >= 11 is 0. The molecule has 158 valence electrons. The molecule has 10 heteroatoms. The Balaban J connectivity index is 1.39. The highest BCUT2D eigenvalue weighted by molar-refractivity contribution is 5.94. The third kappa shape index (κ3) is 4.42.